The number of hydrogen-bond donors (Lipinski definition) is 0. The zero-order chi connectivity index (χ0) is 14.3. The molecule has 0 bridgehead atoms. The van der Waals surface area contributed by atoms with Gasteiger partial charge in [-0.1, -0.05) is 25.2 Å². The van der Waals surface area contributed by atoms with Gasteiger partial charge >= 0.3 is 5.97 Å². The molecule has 0 aliphatic carbocycles. The Bertz CT molecular complexity index is 362. The molecule has 1 fully saturated rings. The van der Waals surface area contributed by atoms with Crippen molar-refractivity contribution in [1.82, 2.24) is 4.90 Å². The predicted octanol–water partition coefficient (Wildman–Crippen LogP) is 2.45. The zero-order valence-electron chi connectivity index (χ0n) is 11.8. The van der Waals surface area contributed by atoms with Crippen LogP contribution in [0.25, 0.3) is 0 Å². The topological polar surface area (TPSA) is 46.6 Å². The SMILES string of the molecule is C=CC[C@H]1CC[C@@H](C(=O)OC)N1C(=O)C/C=C/CC. The fourth-order valence-electron chi connectivity index (χ4n) is 2.51. The molecular weight excluding hydrogens is 242 g/mol. The van der Waals surface area contributed by atoms with Crippen molar-refractivity contribution in [3.63, 3.8) is 0 Å². The molecule has 4 heteroatoms. The van der Waals surface area contributed by atoms with Crippen LogP contribution < -0.4 is 0 Å². The fourth-order valence-corrected chi connectivity index (χ4v) is 2.51. The molecule has 19 heavy (non-hydrogen) atoms. The number of amides is 1. The molecule has 1 aliphatic rings. The molecule has 0 aromatic rings. The van der Waals surface area contributed by atoms with Crippen molar-refractivity contribution in [1.29, 1.82) is 0 Å². The van der Waals surface area contributed by atoms with E-state index in [1.165, 1.54) is 7.11 Å². The van der Waals surface area contributed by atoms with Gasteiger partial charge in [0.2, 0.25) is 5.91 Å². The fraction of sp³-hybridized carbons (Fsp3) is 0.600. The van der Waals surface area contributed by atoms with Gasteiger partial charge < -0.3 is 9.64 Å². The number of allylic oxidation sites excluding steroid dienone is 1. The molecule has 1 amide bonds. The third-order valence-corrected chi connectivity index (χ3v) is 3.40. The Kier molecular flexibility index (Phi) is 6.33. The summed E-state index contributed by atoms with van der Waals surface area (Å²) in [4.78, 5) is 25.7. The number of carbonyl (C=O) groups excluding carboxylic acids is 2. The highest BCUT2D eigenvalue weighted by molar-refractivity contribution is 5.86. The van der Waals surface area contributed by atoms with Gasteiger partial charge in [0, 0.05) is 12.5 Å². The Morgan fingerprint density at radius 1 is 1.37 bits per heavy atom. The highest BCUT2D eigenvalue weighted by atomic mass is 16.5. The molecule has 0 unspecified atom stereocenters. The van der Waals surface area contributed by atoms with Crippen LogP contribution in [0.15, 0.2) is 24.8 Å². The first-order chi connectivity index (χ1) is 9.15. The molecular formula is C15H23NO3. The van der Waals surface area contributed by atoms with E-state index in [0.717, 1.165) is 19.3 Å². The Hall–Kier alpha value is -1.58. The van der Waals surface area contributed by atoms with Crippen molar-refractivity contribution in [2.75, 3.05) is 7.11 Å². The minimum Gasteiger partial charge on any atom is -0.467 e. The Labute approximate surface area is 115 Å². The van der Waals surface area contributed by atoms with E-state index in [-0.39, 0.29) is 17.9 Å². The van der Waals surface area contributed by atoms with Crippen LogP contribution in [-0.2, 0) is 14.3 Å². The summed E-state index contributed by atoms with van der Waals surface area (Å²) >= 11 is 0. The quantitative estimate of drug-likeness (QED) is 0.547. The van der Waals surface area contributed by atoms with Crippen LogP contribution >= 0.6 is 0 Å². The summed E-state index contributed by atoms with van der Waals surface area (Å²) in [7, 11) is 1.36. The van der Waals surface area contributed by atoms with Crippen LogP contribution in [0.1, 0.15) is 39.0 Å². The van der Waals surface area contributed by atoms with E-state index < -0.39 is 6.04 Å². The van der Waals surface area contributed by atoms with Gasteiger partial charge in [-0.2, -0.15) is 0 Å². The van der Waals surface area contributed by atoms with Crippen LogP contribution in [0.5, 0.6) is 0 Å². The van der Waals surface area contributed by atoms with Crippen molar-refractivity contribution in [3.8, 4) is 0 Å². The summed E-state index contributed by atoms with van der Waals surface area (Å²) in [5.74, 6) is -0.330. The molecule has 1 aliphatic heterocycles. The summed E-state index contributed by atoms with van der Waals surface area (Å²) in [5.41, 5.74) is 0. The van der Waals surface area contributed by atoms with Crippen molar-refractivity contribution < 1.29 is 14.3 Å². The lowest BCUT2D eigenvalue weighted by Gasteiger charge is -2.28. The summed E-state index contributed by atoms with van der Waals surface area (Å²) in [6.45, 7) is 5.74. The molecule has 0 saturated carbocycles. The molecule has 0 aromatic heterocycles. The Morgan fingerprint density at radius 2 is 2.11 bits per heavy atom. The molecule has 2 atom stereocenters. The third-order valence-electron chi connectivity index (χ3n) is 3.40. The standard InChI is InChI=1S/C15H23NO3/c1-4-6-7-9-14(17)16-12(8-5-2)10-11-13(16)15(18)19-3/h5-7,12-13H,2,4,8-11H2,1,3H3/b7-6+/t12-,13-/m0/s1. The van der Waals surface area contributed by atoms with Gasteiger partial charge in [-0.05, 0) is 25.7 Å². The molecule has 1 rings (SSSR count). The Balaban J connectivity index is 2.79. The summed E-state index contributed by atoms with van der Waals surface area (Å²) < 4.78 is 4.79. The van der Waals surface area contributed by atoms with Crippen LogP contribution in [0.4, 0.5) is 0 Å². The monoisotopic (exact) mass is 265 g/mol. The van der Waals surface area contributed by atoms with Crippen molar-refractivity contribution in [2.24, 2.45) is 0 Å². The first kappa shape index (κ1) is 15.5. The lowest BCUT2D eigenvalue weighted by atomic mass is 10.1. The number of methoxy groups -OCH3 is 1. The largest absolute Gasteiger partial charge is 0.467 e. The van der Waals surface area contributed by atoms with Crippen LogP contribution in [0, 0.1) is 0 Å². The minimum absolute atomic E-state index is 0.00977. The van der Waals surface area contributed by atoms with E-state index in [1.54, 1.807) is 11.0 Å². The van der Waals surface area contributed by atoms with E-state index in [2.05, 4.69) is 6.58 Å². The Morgan fingerprint density at radius 3 is 2.68 bits per heavy atom. The molecule has 106 valence electrons. The maximum absolute atomic E-state index is 12.3. The second-order valence-electron chi connectivity index (χ2n) is 4.68. The minimum atomic E-state index is -0.433. The van der Waals surface area contributed by atoms with E-state index in [1.807, 2.05) is 19.1 Å². The average molecular weight is 265 g/mol. The number of carbonyl (C=O) groups is 2. The second-order valence-corrected chi connectivity index (χ2v) is 4.68. The van der Waals surface area contributed by atoms with Gasteiger partial charge in [-0.15, -0.1) is 6.58 Å². The van der Waals surface area contributed by atoms with Crippen LogP contribution in [0.3, 0.4) is 0 Å². The lowest BCUT2D eigenvalue weighted by molar-refractivity contribution is -0.151. The number of rotatable bonds is 6. The van der Waals surface area contributed by atoms with E-state index in [0.29, 0.717) is 12.8 Å². The van der Waals surface area contributed by atoms with Crippen molar-refractivity contribution in [3.05, 3.63) is 24.8 Å². The van der Waals surface area contributed by atoms with Gasteiger partial charge in [0.1, 0.15) is 6.04 Å². The molecule has 1 heterocycles. The first-order valence-corrected chi connectivity index (χ1v) is 6.80. The average Bonchev–Trinajstić information content (AvgIpc) is 2.82. The third kappa shape index (κ3) is 3.94. The molecule has 0 spiro atoms. The summed E-state index contributed by atoms with van der Waals surface area (Å²) in [6.07, 6.45) is 9.09. The van der Waals surface area contributed by atoms with Gasteiger partial charge in [0.25, 0.3) is 0 Å². The van der Waals surface area contributed by atoms with Crippen LogP contribution in [-0.4, -0.2) is 36.0 Å². The molecule has 0 aromatic carbocycles. The summed E-state index contributed by atoms with van der Waals surface area (Å²) in [5, 5.41) is 0. The van der Waals surface area contributed by atoms with E-state index >= 15 is 0 Å². The van der Waals surface area contributed by atoms with E-state index in [9.17, 15) is 9.59 Å². The molecule has 0 radical (unpaired) electrons. The molecule has 4 nitrogen and oxygen atoms in total. The normalized spacial score (nSPS) is 22.7. The smallest absolute Gasteiger partial charge is 0.328 e. The summed E-state index contributed by atoms with van der Waals surface area (Å²) in [6, 6.07) is -0.360. The maximum atomic E-state index is 12.3. The highest BCUT2D eigenvalue weighted by Gasteiger charge is 2.40. The van der Waals surface area contributed by atoms with Crippen LogP contribution in [0.2, 0.25) is 0 Å². The number of ether oxygens (including phenoxy) is 1. The van der Waals surface area contributed by atoms with Crippen molar-refractivity contribution >= 4 is 11.9 Å². The number of esters is 1. The van der Waals surface area contributed by atoms with Gasteiger partial charge in [-0.3, -0.25) is 4.79 Å². The highest BCUT2D eigenvalue weighted by Crippen LogP contribution is 2.28. The van der Waals surface area contributed by atoms with Gasteiger partial charge in [-0.25, -0.2) is 4.79 Å². The second kappa shape index (κ2) is 7.77. The molecule has 1 saturated heterocycles. The van der Waals surface area contributed by atoms with E-state index in [4.69, 9.17) is 4.74 Å². The number of nitrogens with zero attached hydrogens (tertiary/aromatic N) is 1. The predicted molar refractivity (Wildman–Crippen MR) is 74.5 cm³/mol. The number of likely N-dealkylation sites (tertiary alicyclic amines) is 1. The van der Waals surface area contributed by atoms with Gasteiger partial charge in [0.05, 0.1) is 7.11 Å². The molecule has 0 N–H and O–H groups in total. The lowest BCUT2D eigenvalue weighted by Crippen LogP contribution is -2.45. The van der Waals surface area contributed by atoms with Crippen molar-refractivity contribution in [2.45, 2.75) is 51.1 Å². The first-order valence-electron chi connectivity index (χ1n) is 6.80. The number of hydrogen-bond acceptors (Lipinski definition) is 3. The maximum Gasteiger partial charge on any atom is 0.328 e. The zero-order valence-corrected chi connectivity index (χ0v) is 11.8. The van der Waals surface area contributed by atoms with Gasteiger partial charge in [0.15, 0.2) is 0 Å².